The van der Waals surface area contributed by atoms with E-state index < -0.39 is 5.97 Å². The van der Waals surface area contributed by atoms with Crippen LogP contribution in [0.3, 0.4) is 0 Å². The monoisotopic (exact) mass is 225 g/mol. The van der Waals surface area contributed by atoms with E-state index in [2.05, 4.69) is 0 Å². The first-order valence-electron chi connectivity index (χ1n) is 4.83. The Morgan fingerprint density at radius 2 is 2.00 bits per heavy atom. The topological polar surface area (TPSA) is 70.8 Å². The Hall–Kier alpha value is -1.91. The number of benzene rings is 1. The Kier molecular flexibility index (Phi) is 3.99. The van der Waals surface area contributed by atoms with E-state index in [1.165, 1.54) is 14.2 Å². The van der Waals surface area contributed by atoms with Crippen molar-refractivity contribution in [3.8, 4) is 11.5 Å². The van der Waals surface area contributed by atoms with Crippen LogP contribution in [-0.4, -0.2) is 26.8 Å². The van der Waals surface area contributed by atoms with Gasteiger partial charge in [-0.2, -0.15) is 0 Å². The molecule has 0 spiro atoms. The van der Waals surface area contributed by atoms with Crippen molar-refractivity contribution in [2.75, 3.05) is 26.6 Å². The molecule has 0 aliphatic rings. The molecule has 0 atom stereocenters. The van der Waals surface area contributed by atoms with Gasteiger partial charge in [-0.05, 0) is 19.1 Å². The molecule has 0 bridgehead atoms. The second-order valence-electron chi connectivity index (χ2n) is 2.99. The first-order valence-corrected chi connectivity index (χ1v) is 4.83. The maximum atomic E-state index is 11.7. The van der Waals surface area contributed by atoms with Crippen molar-refractivity contribution < 1.29 is 19.0 Å². The summed E-state index contributed by atoms with van der Waals surface area (Å²) in [6.45, 7) is 2.00. The van der Waals surface area contributed by atoms with Gasteiger partial charge in [0, 0.05) is 0 Å². The predicted octanol–water partition coefficient (Wildman–Crippen LogP) is 1.46. The largest absolute Gasteiger partial charge is 0.496 e. The molecule has 0 saturated carbocycles. The quantitative estimate of drug-likeness (QED) is 0.620. The third-order valence-electron chi connectivity index (χ3n) is 2.05. The Balaban J connectivity index is 3.30. The highest BCUT2D eigenvalue weighted by Gasteiger charge is 2.21. The Morgan fingerprint density at radius 1 is 1.31 bits per heavy atom. The van der Waals surface area contributed by atoms with E-state index in [1.807, 2.05) is 0 Å². The van der Waals surface area contributed by atoms with Gasteiger partial charge < -0.3 is 19.9 Å². The van der Waals surface area contributed by atoms with Crippen LogP contribution in [0.15, 0.2) is 12.1 Å². The number of methoxy groups -OCH3 is 2. The molecule has 5 nitrogen and oxygen atoms in total. The van der Waals surface area contributed by atoms with Crippen molar-refractivity contribution in [3.63, 3.8) is 0 Å². The Labute approximate surface area is 94.1 Å². The zero-order chi connectivity index (χ0) is 12.1. The summed E-state index contributed by atoms with van der Waals surface area (Å²) in [5, 5.41) is 0. The van der Waals surface area contributed by atoms with Crippen molar-refractivity contribution in [3.05, 3.63) is 17.7 Å². The summed E-state index contributed by atoms with van der Waals surface area (Å²) in [6.07, 6.45) is 0. The highest BCUT2D eigenvalue weighted by atomic mass is 16.5. The van der Waals surface area contributed by atoms with E-state index in [9.17, 15) is 4.79 Å². The molecule has 0 radical (unpaired) electrons. The van der Waals surface area contributed by atoms with Gasteiger partial charge in [-0.25, -0.2) is 4.79 Å². The number of anilines is 1. The van der Waals surface area contributed by atoms with Crippen LogP contribution < -0.4 is 15.2 Å². The molecule has 0 aromatic heterocycles. The molecule has 0 unspecified atom stereocenters. The number of esters is 1. The first kappa shape index (κ1) is 12.2. The lowest BCUT2D eigenvalue weighted by Gasteiger charge is -2.13. The number of carbonyl (C=O) groups excluding carboxylic acids is 1. The molecular weight excluding hydrogens is 210 g/mol. The van der Waals surface area contributed by atoms with E-state index >= 15 is 0 Å². The molecule has 0 saturated heterocycles. The van der Waals surface area contributed by atoms with E-state index in [1.54, 1.807) is 19.1 Å². The fourth-order valence-corrected chi connectivity index (χ4v) is 1.37. The van der Waals surface area contributed by atoms with Crippen LogP contribution in [0.2, 0.25) is 0 Å². The summed E-state index contributed by atoms with van der Waals surface area (Å²) in [5.74, 6) is 0.144. The first-order chi connectivity index (χ1) is 7.65. The van der Waals surface area contributed by atoms with Gasteiger partial charge in [0.05, 0.1) is 26.5 Å². The predicted molar refractivity (Wildman–Crippen MR) is 59.9 cm³/mol. The third-order valence-corrected chi connectivity index (χ3v) is 2.05. The molecule has 88 valence electrons. The van der Waals surface area contributed by atoms with Crippen LogP contribution in [0.1, 0.15) is 17.3 Å². The lowest BCUT2D eigenvalue weighted by Crippen LogP contribution is -2.10. The number of rotatable bonds is 4. The minimum atomic E-state index is -0.511. The Bertz CT molecular complexity index is 390. The molecule has 5 heteroatoms. The number of nitrogen functional groups attached to an aromatic ring is 1. The van der Waals surface area contributed by atoms with Gasteiger partial charge in [-0.15, -0.1) is 0 Å². The molecule has 0 fully saturated rings. The van der Waals surface area contributed by atoms with Crippen molar-refractivity contribution in [2.45, 2.75) is 6.92 Å². The second-order valence-corrected chi connectivity index (χ2v) is 2.99. The molecule has 1 rings (SSSR count). The second kappa shape index (κ2) is 5.25. The molecule has 16 heavy (non-hydrogen) atoms. The summed E-state index contributed by atoms with van der Waals surface area (Å²) >= 11 is 0. The summed E-state index contributed by atoms with van der Waals surface area (Å²) in [5.41, 5.74) is 6.28. The lowest BCUT2D eigenvalue weighted by molar-refractivity contribution is 0.0519. The van der Waals surface area contributed by atoms with Crippen LogP contribution in [0.25, 0.3) is 0 Å². The van der Waals surface area contributed by atoms with Crippen LogP contribution in [0.5, 0.6) is 11.5 Å². The molecule has 0 heterocycles. The average Bonchev–Trinajstić information content (AvgIpc) is 2.28. The van der Waals surface area contributed by atoms with Gasteiger partial charge in [0.2, 0.25) is 0 Å². The smallest absolute Gasteiger partial charge is 0.345 e. The summed E-state index contributed by atoms with van der Waals surface area (Å²) in [6, 6.07) is 3.21. The summed E-state index contributed by atoms with van der Waals surface area (Å²) in [4.78, 5) is 11.7. The maximum absolute atomic E-state index is 11.7. The number of carbonyl (C=O) groups is 1. The van der Waals surface area contributed by atoms with Crippen LogP contribution in [0, 0.1) is 0 Å². The highest BCUT2D eigenvalue weighted by molar-refractivity contribution is 5.97. The fourth-order valence-electron chi connectivity index (χ4n) is 1.37. The van der Waals surface area contributed by atoms with Gasteiger partial charge in [0.15, 0.2) is 5.75 Å². The number of hydrogen-bond acceptors (Lipinski definition) is 5. The number of ether oxygens (including phenoxy) is 3. The van der Waals surface area contributed by atoms with Crippen LogP contribution in [-0.2, 0) is 4.74 Å². The minimum Gasteiger partial charge on any atom is -0.496 e. The third kappa shape index (κ3) is 2.18. The van der Waals surface area contributed by atoms with E-state index in [4.69, 9.17) is 19.9 Å². The molecule has 0 aliphatic carbocycles. The van der Waals surface area contributed by atoms with Crippen LogP contribution in [0.4, 0.5) is 5.69 Å². The molecule has 1 aromatic carbocycles. The molecule has 1 aromatic rings. The van der Waals surface area contributed by atoms with E-state index in [-0.39, 0.29) is 17.9 Å². The standard InChI is InChI=1S/C11H15NO4/c1-4-16-11(13)9-8(14-2)6-5-7(12)10(9)15-3/h5-6H,4,12H2,1-3H3. The minimum absolute atomic E-state index is 0.215. The summed E-state index contributed by atoms with van der Waals surface area (Å²) in [7, 11) is 2.90. The summed E-state index contributed by atoms with van der Waals surface area (Å²) < 4.78 is 15.1. The fraction of sp³-hybridized carbons (Fsp3) is 0.364. The van der Waals surface area contributed by atoms with Crippen LogP contribution >= 0.6 is 0 Å². The highest BCUT2D eigenvalue weighted by Crippen LogP contribution is 2.34. The van der Waals surface area contributed by atoms with Crippen molar-refractivity contribution in [2.24, 2.45) is 0 Å². The lowest BCUT2D eigenvalue weighted by atomic mass is 10.1. The van der Waals surface area contributed by atoms with Gasteiger partial charge in [0.25, 0.3) is 0 Å². The zero-order valence-electron chi connectivity index (χ0n) is 9.57. The zero-order valence-corrected chi connectivity index (χ0v) is 9.57. The van der Waals surface area contributed by atoms with Crippen molar-refractivity contribution in [1.82, 2.24) is 0 Å². The number of nitrogens with two attached hydrogens (primary N) is 1. The van der Waals surface area contributed by atoms with Gasteiger partial charge >= 0.3 is 5.97 Å². The van der Waals surface area contributed by atoms with Crippen molar-refractivity contribution >= 4 is 11.7 Å². The van der Waals surface area contributed by atoms with E-state index in [0.717, 1.165) is 0 Å². The van der Waals surface area contributed by atoms with Crippen molar-refractivity contribution in [1.29, 1.82) is 0 Å². The normalized spacial score (nSPS) is 9.69. The Morgan fingerprint density at radius 3 is 2.50 bits per heavy atom. The SMILES string of the molecule is CCOC(=O)c1c(OC)ccc(N)c1OC. The molecular formula is C11H15NO4. The average molecular weight is 225 g/mol. The van der Waals surface area contributed by atoms with Gasteiger partial charge in [-0.1, -0.05) is 0 Å². The van der Waals surface area contributed by atoms with Gasteiger partial charge in [-0.3, -0.25) is 0 Å². The molecule has 2 N–H and O–H groups in total. The van der Waals surface area contributed by atoms with Gasteiger partial charge in [0.1, 0.15) is 11.3 Å². The van der Waals surface area contributed by atoms with E-state index in [0.29, 0.717) is 11.4 Å². The maximum Gasteiger partial charge on any atom is 0.345 e. The molecule has 0 amide bonds. The number of hydrogen-bond donors (Lipinski definition) is 1. The molecule has 0 aliphatic heterocycles.